The van der Waals surface area contributed by atoms with Crippen LogP contribution in [0.25, 0.3) is 5.70 Å². The minimum Gasteiger partial charge on any atom is -0.381 e. The molecule has 8 heteroatoms. The second kappa shape index (κ2) is 9.88. The molecule has 2 aromatic carbocycles. The van der Waals surface area contributed by atoms with Crippen molar-refractivity contribution in [2.24, 2.45) is 0 Å². The number of nitrogens with zero attached hydrogens (tertiary/aromatic N) is 2. The summed E-state index contributed by atoms with van der Waals surface area (Å²) < 4.78 is 51.5. The van der Waals surface area contributed by atoms with Crippen LogP contribution in [0.4, 0.5) is 29.2 Å². The third kappa shape index (κ3) is 6.15. The third-order valence-corrected chi connectivity index (χ3v) is 4.43. The van der Waals surface area contributed by atoms with Gasteiger partial charge in [0, 0.05) is 30.3 Å². The standard InChI is InChI=1S/C23H20F4N4/c1-16(28-15-19-7-2-3-10-21(19)23(25,26)27)18-8-4-9-20(12-18)31-22-29-13-17(14-30-22)6-5-11-24/h2-5,7-14,28H,1,6,15H2,(H,29,30,31)/b11-5+. The molecule has 31 heavy (non-hydrogen) atoms. The fourth-order valence-corrected chi connectivity index (χ4v) is 2.87. The average Bonchev–Trinajstić information content (AvgIpc) is 2.77. The zero-order chi connectivity index (χ0) is 22.3. The third-order valence-electron chi connectivity index (χ3n) is 4.43. The molecule has 1 aromatic heterocycles. The number of hydrogen-bond donors (Lipinski definition) is 2. The molecule has 0 saturated carbocycles. The van der Waals surface area contributed by atoms with E-state index in [2.05, 4.69) is 27.2 Å². The monoisotopic (exact) mass is 428 g/mol. The number of allylic oxidation sites excluding steroid dienone is 1. The summed E-state index contributed by atoms with van der Waals surface area (Å²) in [6.07, 6.45) is 1.01. The molecule has 0 radical (unpaired) electrons. The predicted molar refractivity (Wildman–Crippen MR) is 113 cm³/mol. The molecule has 4 nitrogen and oxygen atoms in total. The molecular weight excluding hydrogens is 408 g/mol. The largest absolute Gasteiger partial charge is 0.416 e. The van der Waals surface area contributed by atoms with Crippen LogP contribution in [0.2, 0.25) is 0 Å². The minimum atomic E-state index is -4.42. The molecule has 0 amide bonds. The highest BCUT2D eigenvalue weighted by Gasteiger charge is 2.32. The summed E-state index contributed by atoms with van der Waals surface area (Å²) in [6.45, 7) is 3.92. The van der Waals surface area contributed by atoms with Crippen molar-refractivity contribution in [1.29, 1.82) is 0 Å². The SMILES string of the molecule is C=C(NCc1ccccc1C(F)(F)F)c1cccc(Nc2ncc(C/C=C/F)cn2)c1. The van der Waals surface area contributed by atoms with E-state index in [4.69, 9.17) is 0 Å². The Morgan fingerprint density at radius 2 is 1.77 bits per heavy atom. The predicted octanol–water partition coefficient (Wildman–Crippen LogP) is 6.03. The Labute approximate surface area is 177 Å². The molecule has 0 aliphatic carbocycles. The number of rotatable bonds is 8. The van der Waals surface area contributed by atoms with E-state index in [1.54, 1.807) is 42.7 Å². The van der Waals surface area contributed by atoms with Crippen molar-refractivity contribution >= 4 is 17.3 Å². The van der Waals surface area contributed by atoms with Gasteiger partial charge in [-0.2, -0.15) is 13.2 Å². The lowest BCUT2D eigenvalue weighted by molar-refractivity contribution is -0.138. The maximum absolute atomic E-state index is 13.2. The van der Waals surface area contributed by atoms with Crippen LogP contribution >= 0.6 is 0 Å². The summed E-state index contributed by atoms with van der Waals surface area (Å²) in [4.78, 5) is 8.37. The minimum absolute atomic E-state index is 0.00985. The quantitative estimate of drug-likeness (QED) is 0.431. The van der Waals surface area contributed by atoms with E-state index < -0.39 is 11.7 Å². The lowest BCUT2D eigenvalue weighted by atomic mass is 10.1. The number of alkyl halides is 3. The van der Waals surface area contributed by atoms with Gasteiger partial charge < -0.3 is 10.6 Å². The lowest BCUT2D eigenvalue weighted by Gasteiger charge is -2.15. The zero-order valence-corrected chi connectivity index (χ0v) is 16.5. The summed E-state index contributed by atoms with van der Waals surface area (Å²) in [5.74, 6) is 0.364. The molecule has 3 aromatic rings. The summed E-state index contributed by atoms with van der Waals surface area (Å²) in [6, 6.07) is 12.6. The van der Waals surface area contributed by atoms with Gasteiger partial charge in [-0.15, -0.1) is 0 Å². The van der Waals surface area contributed by atoms with Crippen molar-refractivity contribution in [1.82, 2.24) is 15.3 Å². The molecule has 0 aliphatic heterocycles. The van der Waals surface area contributed by atoms with Gasteiger partial charge in [-0.25, -0.2) is 14.4 Å². The zero-order valence-electron chi connectivity index (χ0n) is 16.5. The van der Waals surface area contributed by atoms with Gasteiger partial charge in [0.2, 0.25) is 5.95 Å². The van der Waals surface area contributed by atoms with Crippen molar-refractivity contribution in [3.8, 4) is 0 Å². The molecule has 0 saturated heterocycles. The highest BCUT2D eigenvalue weighted by Crippen LogP contribution is 2.32. The van der Waals surface area contributed by atoms with Crippen LogP contribution in [-0.2, 0) is 19.1 Å². The molecule has 1 heterocycles. The maximum Gasteiger partial charge on any atom is 0.416 e. The summed E-state index contributed by atoms with van der Waals surface area (Å²) >= 11 is 0. The molecule has 3 rings (SSSR count). The van der Waals surface area contributed by atoms with E-state index in [0.717, 1.165) is 11.6 Å². The first-order chi connectivity index (χ1) is 14.9. The van der Waals surface area contributed by atoms with Crippen LogP contribution in [0.5, 0.6) is 0 Å². The number of benzene rings is 2. The van der Waals surface area contributed by atoms with Gasteiger partial charge in [-0.3, -0.25) is 0 Å². The first-order valence-electron chi connectivity index (χ1n) is 9.38. The highest BCUT2D eigenvalue weighted by atomic mass is 19.4. The Morgan fingerprint density at radius 3 is 2.48 bits per heavy atom. The first kappa shape index (κ1) is 22.0. The average molecular weight is 428 g/mol. The maximum atomic E-state index is 13.2. The number of halogens is 4. The second-order valence-corrected chi connectivity index (χ2v) is 6.67. The van der Waals surface area contributed by atoms with Gasteiger partial charge >= 0.3 is 6.18 Å². The van der Waals surface area contributed by atoms with E-state index in [0.29, 0.717) is 35.6 Å². The molecule has 160 valence electrons. The summed E-state index contributed by atoms with van der Waals surface area (Å²) in [5.41, 5.74) is 2.11. The van der Waals surface area contributed by atoms with E-state index >= 15 is 0 Å². The smallest absolute Gasteiger partial charge is 0.381 e. The Morgan fingerprint density at radius 1 is 1.03 bits per heavy atom. The Bertz CT molecular complexity index is 1060. The fraction of sp³-hybridized carbons (Fsp3) is 0.130. The molecule has 0 fully saturated rings. The Balaban J connectivity index is 1.66. The van der Waals surface area contributed by atoms with E-state index in [1.165, 1.54) is 18.2 Å². The van der Waals surface area contributed by atoms with Crippen molar-refractivity contribution in [3.63, 3.8) is 0 Å². The number of anilines is 2. The van der Waals surface area contributed by atoms with Gasteiger partial charge in [0.1, 0.15) is 0 Å². The first-order valence-corrected chi connectivity index (χ1v) is 9.38. The number of nitrogens with one attached hydrogen (secondary N) is 2. The van der Waals surface area contributed by atoms with Crippen LogP contribution in [0.3, 0.4) is 0 Å². The number of aromatic nitrogens is 2. The molecule has 0 atom stereocenters. The van der Waals surface area contributed by atoms with Crippen molar-refractivity contribution < 1.29 is 17.6 Å². The Hall–Kier alpha value is -3.68. The van der Waals surface area contributed by atoms with E-state index in [1.807, 2.05) is 0 Å². The van der Waals surface area contributed by atoms with Crippen LogP contribution in [0.1, 0.15) is 22.3 Å². The van der Waals surface area contributed by atoms with Gasteiger partial charge in [0.25, 0.3) is 0 Å². The molecule has 2 N–H and O–H groups in total. The highest BCUT2D eigenvalue weighted by molar-refractivity contribution is 5.67. The van der Waals surface area contributed by atoms with Crippen molar-refractivity contribution in [2.75, 3.05) is 5.32 Å². The molecule has 0 spiro atoms. The molecule has 0 unspecified atom stereocenters. The van der Waals surface area contributed by atoms with E-state index in [9.17, 15) is 17.6 Å². The van der Waals surface area contributed by atoms with Gasteiger partial charge in [-0.05, 0) is 41.3 Å². The topological polar surface area (TPSA) is 49.8 Å². The van der Waals surface area contributed by atoms with E-state index in [-0.39, 0.29) is 12.1 Å². The summed E-state index contributed by atoms with van der Waals surface area (Å²) in [7, 11) is 0. The van der Waals surface area contributed by atoms with Crippen LogP contribution in [0.15, 0.2) is 79.9 Å². The molecule has 0 aliphatic rings. The second-order valence-electron chi connectivity index (χ2n) is 6.67. The summed E-state index contributed by atoms with van der Waals surface area (Å²) in [5, 5.41) is 6.01. The van der Waals surface area contributed by atoms with Crippen molar-refractivity contribution in [3.05, 3.63) is 102 Å². The van der Waals surface area contributed by atoms with Crippen LogP contribution < -0.4 is 10.6 Å². The van der Waals surface area contributed by atoms with Crippen LogP contribution in [0, 0.1) is 0 Å². The van der Waals surface area contributed by atoms with Crippen LogP contribution in [-0.4, -0.2) is 9.97 Å². The Kier molecular flexibility index (Phi) is 7.02. The molecular formula is C23H20F4N4. The fourth-order valence-electron chi connectivity index (χ4n) is 2.87. The van der Waals surface area contributed by atoms with Gasteiger partial charge in [-0.1, -0.05) is 43.0 Å². The normalized spacial score (nSPS) is 11.5. The molecule has 0 bridgehead atoms. The lowest BCUT2D eigenvalue weighted by Crippen LogP contribution is -2.16. The van der Waals surface area contributed by atoms with Gasteiger partial charge in [0.05, 0.1) is 11.9 Å². The van der Waals surface area contributed by atoms with Gasteiger partial charge in [0.15, 0.2) is 0 Å². The van der Waals surface area contributed by atoms with Crippen molar-refractivity contribution in [2.45, 2.75) is 19.1 Å². The number of hydrogen-bond acceptors (Lipinski definition) is 4.